The van der Waals surface area contributed by atoms with Crippen molar-refractivity contribution in [3.05, 3.63) is 29.8 Å². The van der Waals surface area contributed by atoms with Gasteiger partial charge in [-0.15, -0.1) is 5.10 Å². The Kier molecular flexibility index (Phi) is 3.53. The van der Waals surface area contributed by atoms with E-state index in [2.05, 4.69) is 22.3 Å². The highest BCUT2D eigenvalue weighted by atomic mass is 16.3. The normalized spacial score (nSPS) is 12.9. The zero-order valence-electron chi connectivity index (χ0n) is 10.1. The van der Waals surface area contributed by atoms with Crippen LogP contribution in [0.2, 0.25) is 0 Å². The van der Waals surface area contributed by atoms with Crippen molar-refractivity contribution < 1.29 is 5.11 Å². The molecule has 2 rings (SSSR count). The topological polar surface area (TPSA) is 68.8 Å². The van der Waals surface area contributed by atoms with Crippen LogP contribution in [0.1, 0.15) is 37.6 Å². The first-order valence-electron chi connectivity index (χ1n) is 5.85. The van der Waals surface area contributed by atoms with Crippen molar-refractivity contribution in [2.45, 2.75) is 39.5 Å². The highest BCUT2D eigenvalue weighted by Crippen LogP contribution is 2.20. The van der Waals surface area contributed by atoms with E-state index in [0.29, 0.717) is 12.2 Å². The van der Waals surface area contributed by atoms with Gasteiger partial charge in [-0.2, -0.15) is 5.10 Å². The Hall–Kier alpha value is -1.69. The van der Waals surface area contributed by atoms with E-state index < -0.39 is 6.10 Å². The van der Waals surface area contributed by atoms with E-state index in [0.717, 1.165) is 18.5 Å². The van der Waals surface area contributed by atoms with Gasteiger partial charge >= 0.3 is 0 Å². The zero-order chi connectivity index (χ0) is 12.3. The molecule has 2 aromatic heterocycles. The van der Waals surface area contributed by atoms with Gasteiger partial charge in [0.2, 0.25) is 0 Å². The van der Waals surface area contributed by atoms with Crippen molar-refractivity contribution in [1.29, 1.82) is 0 Å². The molecule has 0 aliphatic rings. The standard InChI is InChI=1S/C11H17N5O/c1-3-5-15-8-9(6-13-15)11(17)10-7-12-14-16(10)4-2/h6-8,11,17H,3-5H2,1-2H3. The molecule has 0 fully saturated rings. The minimum absolute atomic E-state index is 0.690. The molecule has 0 aromatic carbocycles. The summed E-state index contributed by atoms with van der Waals surface area (Å²) in [6.45, 7) is 5.60. The van der Waals surface area contributed by atoms with Gasteiger partial charge < -0.3 is 5.11 Å². The van der Waals surface area contributed by atoms with Gasteiger partial charge in [-0.25, -0.2) is 4.68 Å². The Labute approximate surface area is 99.9 Å². The van der Waals surface area contributed by atoms with Gasteiger partial charge in [0, 0.05) is 24.8 Å². The Balaban J connectivity index is 2.21. The number of aryl methyl sites for hydroxylation is 2. The molecule has 0 bridgehead atoms. The largest absolute Gasteiger partial charge is 0.382 e. The summed E-state index contributed by atoms with van der Waals surface area (Å²) in [6, 6.07) is 0. The van der Waals surface area contributed by atoms with Crippen LogP contribution < -0.4 is 0 Å². The van der Waals surface area contributed by atoms with Crippen LogP contribution in [-0.2, 0) is 13.1 Å². The molecule has 92 valence electrons. The third-order valence-corrected chi connectivity index (χ3v) is 2.65. The molecule has 6 nitrogen and oxygen atoms in total. The number of nitrogens with zero attached hydrogens (tertiary/aromatic N) is 5. The highest BCUT2D eigenvalue weighted by Gasteiger charge is 2.17. The van der Waals surface area contributed by atoms with Crippen LogP contribution in [0.5, 0.6) is 0 Å². The maximum Gasteiger partial charge on any atom is 0.125 e. The van der Waals surface area contributed by atoms with E-state index in [9.17, 15) is 5.11 Å². The fraction of sp³-hybridized carbons (Fsp3) is 0.545. The maximum absolute atomic E-state index is 10.2. The second kappa shape index (κ2) is 5.09. The van der Waals surface area contributed by atoms with Crippen LogP contribution >= 0.6 is 0 Å². The van der Waals surface area contributed by atoms with Crippen LogP contribution in [0.15, 0.2) is 18.6 Å². The minimum atomic E-state index is -0.712. The summed E-state index contributed by atoms with van der Waals surface area (Å²) in [6.07, 6.45) is 5.45. The Morgan fingerprint density at radius 2 is 2.18 bits per heavy atom. The minimum Gasteiger partial charge on any atom is -0.382 e. The lowest BCUT2D eigenvalue weighted by atomic mass is 10.1. The smallest absolute Gasteiger partial charge is 0.125 e. The van der Waals surface area contributed by atoms with Gasteiger partial charge in [0.25, 0.3) is 0 Å². The average Bonchev–Trinajstić information content (AvgIpc) is 2.96. The summed E-state index contributed by atoms with van der Waals surface area (Å²) in [7, 11) is 0. The molecule has 0 aliphatic carbocycles. The van der Waals surface area contributed by atoms with Crippen LogP contribution in [0, 0.1) is 0 Å². The summed E-state index contributed by atoms with van der Waals surface area (Å²) < 4.78 is 3.51. The zero-order valence-corrected chi connectivity index (χ0v) is 10.1. The summed E-state index contributed by atoms with van der Waals surface area (Å²) in [5, 5.41) is 22.1. The second-order valence-corrected chi connectivity index (χ2v) is 3.91. The number of aliphatic hydroxyl groups is 1. The summed E-state index contributed by atoms with van der Waals surface area (Å²) in [5.41, 5.74) is 1.47. The number of rotatable bonds is 5. The van der Waals surface area contributed by atoms with Crippen LogP contribution in [0.3, 0.4) is 0 Å². The van der Waals surface area contributed by atoms with Crippen LogP contribution in [0.4, 0.5) is 0 Å². The lowest BCUT2D eigenvalue weighted by molar-refractivity contribution is 0.208. The second-order valence-electron chi connectivity index (χ2n) is 3.91. The molecule has 6 heteroatoms. The van der Waals surface area contributed by atoms with Crippen molar-refractivity contribution in [3.8, 4) is 0 Å². The molecule has 1 unspecified atom stereocenters. The lowest BCUT2D eigenvalue weighted by Crippen LogP contribution is -2.08. The molecule has 1 atom stereocenters. The van der Waals surface area contributed by atoms with Crippen molar-refractivity contribution in [1.82, 2.24) is 24.8 Å². The Bertz CT molecular complexity index is 476. The number of hydrogen-bond donors (Lipinski definition) is 1. The molecule has 17 heavy (non-hydrogen) atoms. The van der Waals surface area contributed by atoms with Gasteiger partial charge in [-0.1, -0.05) is 12.1 Å². The van der Waals surface area contributed by atoms with Gasteiger partial charge in [-0.3, -0.25) is 4.68 Å². The van der Waals surface area contributed by atoms with Gasteiger partial charge in [-0.05, 0) is 13.3 Å². The Morgan fingerprint density at radius 3 is 2.88 bits per heavy atom. The fourth-order valence-electron chi connectivity index (χ4n) is 1.77. The molecule has 0 radical (unpaired) electrons. The van der Waals surface area contributed by atoms with E-state index in [1.54, 1.807) is 17.1 Å². The first-order chi connectivity index (χ1) is 8.26. The Morgan fingerprint density at radius 1 is 1.35 bits per heavy atom. The van der Waals surface area contributed by atoms with Crippen molar-refractivity contribution in [3.63, 3.8) is 0 Å². The number of aromatic nitrogens is 5. The number of hydrogen-bond acceptors (Lipinski definition) is 4. The molecule has 0 spiro atoms. The third kappa shape index (κ3) is 2.36. The van der Waals surface area contributed by atoms with E-state index in [4.69, 9.17) is 0 Å². The quantitative estimate of drug-likeness (QED) is 0.839. The van der Waals surface area contributed by atoms with E-state index >= 15 is 0 Å². The van der Waals surface area contributed by atoms with E-state index in [1.807, 2.05) is 17.8 Å². The third-order valence-electron chi connectivity index (χ3n) is 2.65. The molecule has 1 N–H and O–H groups in total. The molecular weight excluding hydrogens is 218 g/mol. The SMILES string of the molecule is CCCn1cc(C(O)c2cnnn2CC)cn1. The molecule has 2 aromatic rings. The molecule has 0 saturated heterocycles. The summed E-state index contributed by atoms with van der Waals surface area (Å²) >= 11 is 0. The molecule has 0 amide bonds. The van der Waals surface area contributed by atoms with Crippen molar-refractivity contribution in [2.75, 3.05) is 0 Å². The van der Waals surface area contributed by atoms with Gasteiger partial charge in [0.1, 0.15) is 6.10 Å². The van der Waals surface area contributed by atoms with Crippen LogP contribution in [0.25, 0.3) is 0 Å². The predicted molar refractivity (Wildman–Crippen MR) is 62.3 cm³/mol. The van der Waals surface area contributed by atoms with E-state index in [1.165, 1.54) is 0 Å². The van der Waals surface area contributed by atoms with Crippen molar-refractivity contribution in [2.24, 2.45) is 0 Å². The monoisotopic (exact) mass is 235 g/mol. The maximum atomic E-state index is 10.2. The van der Waals surface area contributed by atoms with Crippen LogP contribution in [-0.4, -0.2) is 29.9 Å². The average molecular weight is 235 g/mol. The fourth-order valence-corrected chi connectivity index (χ4v) is 1.77. The molecule has 0 saturated carbocycles. The van der Waals surface area contributed by atoms with Crippen molar-refractivity contribution >= 4 is 0 Å². The number of aliphatic hydroxyl groups excluding tert-OH is 1. The molecule has 0 aliphatic heterocycles. The van der Waals surface area contributed by atoms with Gasteiger partial charge in [0.05, 0.1) is 18.1 Å². The summed E-state index contributed by atoms with van der Waals surface area (Å²) in [5.74, 6) is 0. The summed E-state index contributed by atoms with van der Waals surface area (Å²) in [4.78, 5) is 0. The molecular formula is C11H17N5O. The lowest BCUT2D eigenvalue weighted by Gasteiger charge is -2.08. The van der Waals surface area contributed by atoms with E-state index in [-0.39, 0.29) is 0 Å². The first kappa shape index (κ1) is 11.8. The van der Waals surface area contributed by atoms with Gasteiger partial charge in [0.15, 0.2) is 0 Å². The first-order valence-corrected chi connectivity index (χ1v) is 5.85. The molecule has 2 heterocycles. The predicted octanol–water partition coefficient (Wildman–Crippen LogP) is 0.986. The highest BCUT2D eigenvalue weighted by molar-refractivity contribution is 5.19.